The molecular weight excluding hydrogens is 566 g/mol. The minimum absolute atomic E-state index is 0.135. The van der Waals surface area contributed by atoms with Crippen molar-refractivity contribution in [3.63, 3.8) is 0 Å². The van der Waals surface area contributed by atoms with Gasteiger partial charge in [0.1, 0.15) is 24.4 Å². The minimum atomic E-state index is -1.11. The number of carboxylic acid groups (broad SMARTS) is 1. The van der Waals surface area contributed by atoms with Crippen LogP contribution in [0.3, 0.4) is 0 Å². The van der Waals surface area contributed by atoms with Crippen LogP contribution in [0.2, 0.25) is 0 Å². The van der Waals surface area contributed by atoms with Crippen LogP contribution < -0.4 is 20.7 Å². The molecule has 3 rings (SSSR count). The number of hydrogen-bond donors (Lipinski definition) is 4. The Balaban J connectivity index is 1.59. The second kappa shape index (κ2) is 14.5. The molecular formula is C29H32BrN3O4S. The Hall–Kier alpha value is -3.43. The molecule has 2 atom stereocenters. The van der Waals surface area contributed by atoms with Gasteiger partial charge < -0.3 is 25.8 Å². The van der Waals surface area contributed by atoms with E-state index in [1.165, 1.54) is 0 Å². The molecule has 9 heteroatoms. The Morgan fingerprint density at radius 2 is 1.55 bits per heavy atom. The van der Waals surface area contributed by atoms with Gasteiger partial charge in [0.15, 0.2) is 5.11 Å². The Morgan fingerprint density at radius 1 is 0.895 bits per heavy atom. The quantitative estimate of drug-likeness (QED) is 0.203. The Labute approximate surface area is 237 Å². The molecule has 0 saturated carbocycles. The van der Waals surface area contributed by atoms with E-state index in [4.69, 9.17) is 17.0 Å². The number of thiocarbonyl (C=S) groups is 1. The van der Waals surface area contributed by atoms with Crippen molar-refractivity contribution >= 4 is 50.8 Å². The highest BCUT2D eigenvalue weighted by molar-refractivity contribution is 9.10. The molecule has 0 spiro atoms. The third kappa shape index (κ3) is 9.79. The summed E-state index contributed by atoms with van der Waals surface area (Å²) in [6, 6.07) is 22.7. The fraction of sp³-hybridized carbons (Fsp3) is 0.276. The predicted octanol–water partition coefficient (Wildman–Crippen LogP) is 5.54. The summed E-state index contributed by atoms with van der Waals surface area (Å²) in [4.78, 5) is 25.1. The summed E-state index contributed by atoms with van der Waals surface area (Å²) in [7, 11) is 0. The number of halogens is 1. The number of carbonyl (C=O) groups is 2. The molecule has 0 aliphatic rings. The van der Waals surface area contributed by atoms with Crippen LogP contribution in [0.5, 0.6) is 5.75 Å². The number of aliphatic carboxylic acids is 1. The second-order valence-corrected chi connectivity index (χ2v) is 10.6. The number of ether oxygens (including phenoxy) is 1. The van der Waals surface area contributed by atoms with E-state index in [1.54, 1.807) is 12.1 Å². The summed E-state index contributed by atoms with van der Waals surface area (Å²) >= 11 is 8.80. The highest BCUT2D eigenvalue weighted by Gasteiger charge is 2.27. The second-order valence-electron chi connectivity index (χ2n) is 9.31. The fourth-order valence-electron chi connectivity index (χ4n) is 3.73. The maximum Gasteiger partial charge on any atom is 0.326 e. The number of rotatable bonds is 12. The molecule has 0 fully saturated rings. The summed E-state index contributed by atoms with van der Waals surface area (Å²) in [5.41, 5.74) is 2.60. The van der Waals surface area contributed by atoms with Crippen LogP contribution in [-0.4, -0.2) is 34.2 Å². The summed E-state index contributed by atoms with van der Waals surface area (Å²) in [5.74, 6) is -0.669. The van der Waals surface area contributed by atoms with Crippen LogP contribution in [0.1, 0.15) is 31.4 Å². The van der Waals surface area contributed by atoms with Gasteiger partial charge in [-0.3, -0.25) is 4.79 Å². The summed E-state index contributed by atoms with van der Waals surface area (Å²) < 4.78 is 6.74. The lowest BCUT2D eigenvalue weighted by Crippen LogP contribution is -2.53. The SMILES string of the molecule is CC(C)C[C@H](NC(=S)Nc1ccc(Br)cc1)C(=O)N[C@@H](Cc1ccc(OCc2ccccc2)cc1)C(=O)O. The summed E-state index contributed by atoms with van der Waals surface area (Å²) in [6.07, 6.45) is 0.615. The van der Waals surface area contributed by atoms with Gasteiger partial charge in [0.25, 0.3) is 0 Å². The van der Waals surface area contributed by atoms with Crippen molar-refractivity contribution in [2.75, 3.05) is 5.32 Å². The Bertz CT molecular complexity index is 1200. The topological polar surface area (TPSA) is 99.7 Å². The molecule has 0 radical (unpaired) electrons. The molecule has 0 saturated heterocycles. The van der Waals surface area contributed by atoms with Crippen LogP contribution in [0.25, 0.3) is 0 Å². The minimum Gasteiger partial charge on any atom is -0.489 e. The van der Waals surface area contributed by atoms with E-state index in [2.05, 4.69) is 31.9 Å². The van der Waals surface area contributed by atoms with E-state index in [9.17, 15) is 14.7 Å². The van der Waals surface area contributed by atoms with Gasteiger partial charge in [-0.15, -0.1) is 0 Å². The smallest absolute Gasteiger partial charge is 0.326 e. The predicted molar refractivity (Wildman–Crippen MR) is 157 cm³/mol. The van der Waals surface area contributed by atoms with Gasteiger partial charge in [-0.25, -0.2) is 4.79 Å². The summed E-state index contributed by atoms with van der Waals surface area (Å²) in [6.45, 7) is 4.42. The van der Waals surface area contributed by atoms with E-state index >= 15 is 0 Å². The molecule has 7 nitrogen and oxygen atoms in total. The monoisotopic (exact) mass is 597 g/mol. The largest absolute Gasteiger partial charge is 0.489 e. The molecule has 1 amide bonds. The lowest BCUT2D eigenvalue weighted by molar-refractivity contribution is -0.142. The first-order chi connectivity index (χ1) is 18.2. The Kier molecular flexibility index (Phi) is 11.1. The van der Waals surface area contributed by atoms with Crippen molar-refractivity contribution in [1.82, 2.24) is 10.6 Å². The zero-order valence-electron chi connectivity index (χ0n) is 21.3. The number of carbonyl (C=O) groups excluding carboxylic acids is 1. The number of carboxylic acids is 1. The van der Waals surface area contributed by atoms with Crippen molar-refractivity contribution in [3.05, 3.63) is 94.5 Å². The molecule has 0 heterocycles. The van der Waals surface area contributed by atoms with Gasteiger partial charge in [-0.1, -0.05) is 72.2 Å². The fourth-order valence-corrected chi connectivity index (χ4v) is 4.26. The molecule has 0 unspecified atom stereocenters. The average Bonchev–Trinajstić information content (AvgIpc) is 2.89. The van der Waals surface area contributed by atoms with Crippen LogP contribution >= 0.6 is 28.1 Å². The molecule has 0 aliphatic carbocycles. The van der Waals surface area contributed by atoms with Gasteiger partial charge in [-0.05, 0) is 72.1 Å². The first-order valence-electron chi connectivity index (χ1n) is 12.3. The number of nitrogens with one attached hydrogen (secondary N) is 3. The van der Waals surface area contributed by atoms with Gasteiger partial charge in [0.05, 0.1) is 0 Å². The van der Waals surface area contributed by atoms with E-state index < -0.39 is 24.0 Å². The molecule has 0 aromatic heterocycles. The highest BCUT2D eigenvalue weighted by Crippen LogP contribution is 2.17. The lowest BCUT2D eigenvalue weighted by atomic mass is 10.0. The van der Waals surface area contributed by atoms with Crippen LogP contribution in [0, 0.1) is 5.92 Å². The van der Waals surface area contributed by atoms with E-state index in [-0.39, 0.29) is 17.5 Å². The summed E-state index contributed by atoms with van der Waals surface area (Å²) in [5, 5.41) is 18.9. The number of hydrogen-bond acceptors (Lipinski definition) is 4. The van der Waals surface area contributed by atoms with Crippen molar-refractivity contribution < 1.29 is 19.4 Å². The molecule has 3 aromatic rings. The number of amides is 1. The maximum atomic E-state index is 13.1. The number of anilines is 1. The van der Waals surface area contributed by atoms with Gasteiger partial charge in [0.2, 0.25) is 5.91 Å². The van der Waals surface area contributed by atoms with E-state index in [0.717, 1.165) is 21.3 Å². The molecule has 3 aromatic carbocycles. The van der Waals surface area contributed by atoms with Crippen molar-refractivity contribution in [3.8, 4) is 5.75 Å². The third-order valence-electron chi connectivity index (χ3n) is 5.66. The van der Waals surface area contributed by atoms with Crippen molar-refractivity contribution in [2.45, 2.75) is 45.4 Å². The maximum absolute atomic E-state index is 13.1. The first-order valence-corrected chi connectivity index (χ1v) is 13.5. The van der Waals surface area contributed by atoms with Gasteiger partial charge >= 0.3 is 5.97 Å². The van der Waals surface area contributed by atoms with Crippen LogP contribution in [0.4, 0.5) is 5.69 Å². The van der Waals surface area contributed by atoms with Crippen LogP contribution in [0.15, 0.2) is 83.3 Å². The molecule has 200 valence electrons. The van der Waals surface area contributed by atoms with Gasteiger partial charge in [0, 0.05) is 16.6 Å². The zero-order chi connectivity index (χ0) is 27.5. The Morgan fingerprint density at radius 3 is 2.16 bits per heavy atom. The van der Waals surface area contributed by atoms with Crippen molar-refractivity contribution in [1.29, 1.82) is 0 Å². The molecule has 0 bridgehead atoms. The van der Waals surface area contributed by atoms with Gasteiger partial charge in [-0.2, -0.15) is 0 Å². The van der Waals surface area contributed by atoms with Crippen molar-refractivity contribution in [2.24, 2.45) is 5.92 Å². The average molecular weight is 599 g/mol. The molecule has 0 aliphatic heterocycles. The van der Waals surface area contributed by atoms with E-state index in [0.29, 0.717) is 18.8 Å². The molecule has 38 heavy (non-hydrogen) atoms. The first kappa shape index (κ1) is 29.1. The zero-order valence-corrected chi connectivity index (χ0v) is 23.7. The molecule has 4 N–H and O–H groups in total. The highest BCUT2D eigenvalue weighted by atomic mass is 79.9. The third-order valence-corrected chi connectivity index (χ3v) is 6.41. The van der Waals surface area contributed by atoms with E-state index in [1.807, 2.05) is 80.6 Å². The standard InChI is InChI=1S/C29H32BrN3O4S/c1-19(2)16-25(33-29(38)31-23-12-10-22(30)11-13-23)27(34)32-26(28(35)36)17-20-8-14-24(15-9-20)37-18-21-6-4-3-5-7-21/h3-15,19,25-26H,16-18H2,1-2H3,(H,32,34)(H,35,36)(H2,31,33,38)/t25-,26-/m0/s1. The normalized spacial score (nSPS) is 12.3. The number of benzene rings is 3. The lowest BCUT2D eigenvalue weighted by Gasteiger charge is -2.24. The van der Waals surface area contributed by atoms with Crippen LogP contribution in [-0.2, 0) is 22.6 Å².